The van der Waals surface area contributed by atoms with Gasteiger partial charge >= 0.3 is 0 Å². The van der Waals surface area contributed by atoms with Gasteiger partial charge in [0.05, 0.1) is 6.54 Å². The lowest BCUT2D eigenvalue weighted by Crippen LogP contribution is -2.12. The predicted molar refractivity (Wildman–Crippen MR) is 86.3 cm³/mol. The minimum atomic E-state index is 0.596. The van der Waals surface area contributed by atoms with Crippen LogP contribution < -0.4 is 5.32 Å². The van der Waals surface area contributed by atoms with Gasteiger partial charge in [0.15, 0.2) is 0 Å². The summed E-state index contributed by atoms with van der Waals surface area (Å²) in [5.41, 5.74) is 2.72. The number of benzene rings is 1. The van der Waals surface area contributed by atoms with Gasteiger partial charge in [0.1, 0.15) is 11.5 Å². The number of hydrogen-bond donors (Lipinski definition) is 1. The van der Waals surface area contributed by atoms with Gasteiger partial charge in [-0.1, -0.05) is 45.0 Å². The monoisotopic (exact) mass is 283 g/mol. The normalized spacial score (nSPS) is 21.0. The number of furan rings is 1. The lowest BCUT2D eigenvalue weighted by atomic mass is 10.0. The van der Waals surface area contributed by atoms with Crippen LogP contribution in [0.1, 0.15) is 61.7 Å². The van der Waals surface area contributed by atoms with Crippen LogP contribution in [-0.2, 0) is 13.1 Å². The summed E-state index contributed by atoms with van der Waals surface area (Å²) in [6.45, 7) is 8.41. The number of nitrogens with one attached hydrogen (secondary N) is 1. The molecule has 1 aliphatic carbocycles. The molecule has 21 heavy (non-hydrogen) atoms. The molecule has 1 fully saturated rings. The van der Waals surface area contributed by atoms with Crippen molar-refractivity contribution in [2.24, 2.45) is 5.92 Å². The Morgan fingerprint density at radius 1 is 1.10 bits per heavy atom. The van der Waals surface area contributed by atoms with E-state index in [2.05, 4.69) is 62.5 Å². The fourth-order valence-corrected chi connectivity index (χ4v) is 2.76. The fourth-order valence-electron chi connectivity index (χ4n) is 2.76. The van der Waals surface area contributed by atoms with Crippen LogP contribution in [-0.4, -0.2) is 0 Å². The first-order chi connectivity index (χ1) is 10.1. The Morgan fingerprint density at radius 3 is 2.43 bits per heavy atom. The highest BCUT2D eigenvalue weighted by Gasteiger charge is 2.36. The van der Waals surface area contributed by atoms with Crippen molar-refractivity contribution in [1.82, 2.24) is 5.32 Å². The second-order valence-electron chi connectivity index (χ2n) is 6.62. The Hall–Kier alpha value is -1.54. The second kappa shape index (κ2) is 6.07. The molecule has 2 nitrogen and oxygen atoms in total. The van der Waals surface area contributed by atoms with E-state index in [1.165, 1.54) is 23.3 Å². The SMILES string of the molecule is CC(C)c1ccc(CNCc2ccc(C3CC3C)o2)cc1. The van der Waals surface area contributed by atoms with E-state index in [-0.39, 0.29) is 0 Å². The molecule has 0 aliphatic heterocycles. The van der Waals surface area contributed by atoms with Crippen molar-refractivity contribution in [2.75, 3.05) is 0 Å². The van der Waals surface area contributed by atoms with E-state index >= 15 is 0 Å². The van der Waals surface area contributed by atoms with Crippen molar-refractivity contribution in [1.29, 1.82) is 0 Å². The Morgan fingerprint density at radius 2 is 1.81 bits per heavy atom. The van der Waals surface area contributed by atoms with Gasteiger partial charge < -0.3 is 9.73 Å². The molecule has 2 atom stereocenters. The molecular formula is C19H25NO. The molecule has 1 aliphatic rings. The molecule has 1 aromatic carbocycles. The molecule has 0 amide bonds. The van der Waals surface area contributed by atoms with Crippen LogP contribution in [0, 0.1) is 5.92 Å². The third-order valence-corrected chi connectivity index (χ3v) is 4.43. The molecule has 0 radical (unpaired) electrons. The molecule has 1 aromatic heterocycles. The van der Waals surface area contributed by atoms with Crippen molar-refractivity contribution in [3.05, 3.63) is 59.0 Å². The lowest BCUT2D eigenvalue weighted by molar-refractivity contribution is 0.444. The molecule has 1 saturated carbocycles. The highest BCUT2D eigenvalue weighted by molar-refractivity contribution is 5.24. The van der Waals surface area contributed by atoms with E-state index in [9.17, 15) is 0 Å². The second-order valence-corrected chi connectivity index (χ2v) is 6.62. The minimum absolute atomic E-state index is 0.596. The molecule has 2 unspecified atom stereocenters. The van der Waals surface area contributed by atoms with Gasteiger partial charge in [0.2, 0.25) is 0 Å². The Bertz CT molecular complexity index is 582. The summed E-state index contributed by atoms with van der Waals surface area (Å²) < 4.78 is 5.90. The van der Waals surface area contributed by atoms with Gasteiger partial charge in [-0.15, -0.1) is 0 Å². The Labute approximate surface area is 127 Å². The highest BCUT2D eigenvalue weighted by Crippen LogP contribution is 2.47. The third-order valence-electron chi connectivity index (χ3n) is 4.43. The highest BCUT2D eigenvalue weighted by atomic mass is 16.3. The first-order valence-corrected chi connectivity index (χ1v) is 8.01. The largest absolute Gasteiger partial charge is 0.464 e. The van der Waals surface area contributed by atoms with Crippen molar-refractivity contribution in [3.8, 4) is 0 Å². The summed E-state index contributed by atoms with van der Waals surface area (Å²) >= 11 is 0. The average molecular weight is 283 g/mol. The van der Waals surface area contributed by atoms with E-state index in [0.717, 1.165) is 24.8 Å². The molecule has 0 spiro atoms. The molecule has 0 bridgehead atoms. The Balaban J connectivity index is 1.48. The first kappa shape index (κ1) is 14.4. The minimum Gasteiger partial charge on any atom is -0.464 e. The average Bonchev–Trinajstić information content (AvgIpc) is 3.01. The molecule has 1 N–H and O–H groups in total. The smallest absolute Gasteiger partial charge is 0.117 e. The zero-order valence-electron chi connectivity index (χ0n) is 13.2. The molecule has 0 saturated heterocycles. The summed E-state index contributed by atoms with van der Waals surface area (Å²) in [6.07, 6.45) is 1.28. The summed E-state index contributed by atoms with van der Waals surface area (Å²) in [7, 11) is 0. The van der Waals surface area contributed by atoms with Crippen LogP contribution in [0.15, 0.2) is 40.8 Å². The van der Waals surface area contributed by atoms with Gasteiger partial charge in [-0.25, -0.2) is 0 Å². The van der Waals surface area contributed by atoms with E-state index in [4.69, 9.17) is 4.42 Å². The van der Waals surface area contributed by atoms with Gasteiger partial charge in [0, 0.05) is 12.5 Å². The maximum absolute atomic E-state index is 5.90. The maximum atomic E-state index is 5.90. The first-order valence-electron chi connectivity index (χ1n) is 8.01. The summed E-state index contributed by atoms with van der Waals surface area (Å²) in [5, 5.41) is 3.46. The molecule has 2 heteroatoms. The fraction of sp³-hybridized carbons (Fsp3) is 0.474. The quantitative estimate of drug-likeness (QED) is 0.822. The van der Waals surface area contributed by atoms with Gasteiger partial charge in [0.25, 0.3) is 0 Å². The van der Waals surface area contributed by atoms with Crippen molar-refractivity contribution < 1.29 is 4.42 Å². The molecule has 3 rings (SSSR count). The predicted octanol–water partition coefficient (Wildman–Crippen LogP) is 4.82. The van der Waals surface area contributed by atoms with E-state index in [1.54, 1.807) is 0 Å². The maximum Gasteiger partial charge on any atom is 0.117 e. The van der Waals surface area contributed by atoms with E-state index in [1.807, 2.05) is 0 Å². The van der Waals surface area contributed by atoms with Gasteiger partial charge in [-0.05, 0) is 41.5 Å². The summed E-state index contributed by atoms with van der Waals surface area (Å²) in [4.78, 5) is 0. The molecule has 1 heterocycles. The van der Waals surface area contributed by atoms with Crippen LogP contribution >= 0.6 is 0 Å². The summed E-state index contributed by atoms with van der Waals surface area (Å²) in [6, 6.07) is 13.1. The molecular weight excluding hydrogens is 258 g/mol. The topological polar surface area (TPSA) is 25.2 Å². The van der Waals surface area contributed by atoms with Crippen LogP contribution in [0.3, 0.4) is 0 Å². The van der Waals surface area contributed by atoms with Crippen molar-refractivity contribution in [2.45, 2.75) is 52.1 Å². The van der Waals surface area contributed by atoms with Crippen LogP contribution in [0.4, 0.5) is 0 Å². The summed E-state index contributed by atoms with van der Waals surface area (Å²) in [5.74, 6) is 4.28. The third kappa shape index (κ3) is 3.56. The zero-order valence-corrected chi connectivity index (χ0v) is 13.2. The standard InChI is InChI=1S/C19H25NO/c1-13(2)16-6-4-15(5-7-16)11-20-12-17-8-9-19(21-17)18-10-14(18)3/h4-9,13-14,18,20H,10-12H2,1-3H3. The zero-order chi connectivity index (χ0) is 14.8. The van der Waals surface area contributed by atoms with Crippen LogP contribution in [0.25, 0.3) is 0 Å². The van der Waals surface area contributed by atoms with Crippen molar-refractivity contribution in [3.63, 3.8) is 0 Å². The number of hydrogen-bond acceptors (Lipinski definition) is 2. The molecule has 2 aromatic rings. The van der Waals surface area contributed by atoms with Gasteiger partial charge in [-0.2, -0.15) is 0 Å². The van der Waals surface area contributed by atoms with Crippen LogP contribution in [0.5, 0.6) is 0 Å². The van der Waals surface area contributed by atoms with Crippen LogP contribution in [0.2, 0.25) is 0 Å². The van der Waals surface area contributed by atoms with E-state index < -0.39 is 0 Å². The number of rotatable bonds is 6. The molecule has 112 valence electrons. The van der Waals surface area contributed by atoms with Gasteiger partial charge in [-0.3, -0.25) is 0 Å². The van der Waals surface area contributed by atoms with Crippen molar-refractivity contribution >= 4 is 0 Å². The lowest BCUT2D eigenvalue weighted by Gasteiger charge is -2.07. The van der Waals surface area contributed by atoms with E-state index in [0.29, 0.717) is 11.8 Å². The Kier molecular flexibility index (Phi) is 4.16.